The summed E-state index contributed by atoms with van der Waals surface area (Å²) in [6, 6.07) is 5.16. The molecule has 0 radical (unpaired) electrons. The largest absolute Gasteiger partial charge is 0.496 e. The predicted octanol–water partition coefficient (Wildman–Crippen LogP) is 4.56. The number of carbonyl (C=O) groups excluding carboxylic acids is 3. The van der Waals surface area contributed by atoms with Crippen LogP contribution < -0.4 is 15.8 Å². The molecule has 0 spiro atoms. The predicted molar refractivity (Wildman–Crippen MR) is 145 cm³/mol. The number of halogens is 1. The van der Waals surface area contributed by atoms with Gasteiger partial charge in [0.15, 0.2) is 11.0 Å². The molecule has 0 aliphatic carbocycles. The molecule has 1 aromatic carbocycles. The maximum Gasteiger partial charge on any atom is 0.341 e. The first kappa shape index (κ1) is 28.2. The van der Waals surface area contributed by atoms with E-state index < -0.39 is 17.8 Å². The van der Waals surface area contributed by atoms with Crippen LogP contribution in [0.15, 0.2) is 36.0 Å². The first-order chi connectivity index (χ1) is 17.6. The van der Waals surface area contributed by atoms with Gasteiger partial charge < -0.3 is 20.5 Å². The lowest BCUT2D eigenvalue weighted by molar-refractivity contribution is -0.113. The van der Waals surface area contributed by atoms with Crippen LogP contribution in [0.5, 0.6) is 5.75 Å². The minimum absolute atomic E-state index is 0.0521. The third-order valence-corrected chi connectivity index (χ3v) is 7.36. The van der Waals surface area contributed by atoms with Gasteiger partial charge in [-0.1, -0.05) is 29.4 Å². The van der Waals surface area contributed by atoms with Gasteiger partial charge in [0.25, 0.3) is 5.91 Å². The van der Waals surface area contributed by atoms with Gasteiger partial charge >= 0.3 is 5.97 Å². The number of thioether (sulfide) groups is 1. The van der Waals surface area contributed by atoms with E-state index in [0.29, 0.717) is 39.4 Å². The molecule has 37 heavy (non-hydrogen) atoms. The molecule has 196 valence electrons. The first-order valence-electron chi connectivity index (χ1n) is 11.0. The summed E-state index contributed by atoms with van der Waals surface area (Å²) in [5, 5.41) is 12.4. The number of primary amides is 1. The number of nitrogens with one attached hydrogen (secondary N) is 1. The van der Waals surface area contributed by atoms with Crippen molar-refractivity contribution in [3.05, 3.63) is 51.9 Å². The van der Waals surface area contributed by atoms with Crippen molar-refractivity contribution in [2.24, 2.45) is 5.73 Å². The van der Waals surface area contributed by atoms with Crippen LogP contribution in [0.25, 0.3) is 11.4 Å². The molecule has 2 heterocycles. The SMILES string of the molecule is C=CCn1c(SCC(=O)Nc2sc(C(N)=O)c(C)c2C(=O)OC(C)C)nnc1-c1cc(Cl)ccc1OC. The summed E-state index contributed by atoms with van der Waals surface area (Å²) in [6.45, 7) is 9.16. The number of benzene rings is 1. The summed E-state index contributed by atoms with van der Waals surface area (Å²) in [7, 11) is 1.54. The van der Waals surface area contributed by atoms with Gasteiger partial charge in [0.2, 0.25) is 5.91 Å². The summed E-state index contributed by atoms with van der Waals surface area (Å²) in [4.78, 5) is 37.5. The molecule has 13 heteroatoms. The van der Waals surface area contributed by atoms with Crippen molar-refractivity contribution in [2.45, 2.75) is 38.6 Å². The zero-order chi connectivity index (χ0) is 27.3. The highest BCUT2D eigenvalue weighted by Crippen LogP contribution is 2.35. The van der Waals surface area contributed by atoms with E-state index in [4.69, 9.17) is 26.8 Å². The minimum Gasteiger partial charge on any atom is -0.496 e. The highest BCUT2D eigenvalue weighted by molar-refractivity contribution is 7.99. The van der Waals surface area contributed by atoms with Crippen molar-refractivity contribution in [1.29, 1.82) is 0 Å². The number of hydrogen-bond acceptors (Lipinski definition) is 9. The van der Waals surface area contributed by atoms with Crippen molar-refractivity contribution in [3.63, 3.8) is 0 Å². The molecule has 0 fully saturated rings. The number of rotatable bonds is 11. The molecule has 10 nitrogen and oxygen atoms in total. The van der Waals surface area contributed by atoms with Crippen molar-refractivity contribution in [3.8, 4) is 17.1 Å². The fourth-order valence-electron chi connectivity index (χ4n) is 3.39. The van der Waals surface area contributed by atoms with Crippen molar-refractivity contribution >= 4 is 57.5 Å². The van der Waals surface area contributed by atoms with Gasteiger partial charge in [-0.25, -0.2) is 4.79 Å². The minimum atomic E-state index is -0.697. The van der Waals surface area contributed by atoms with Crippen LogP contribution in [-0.4, -0.2) is 51.5 Å². The Morgan fingerprint density at radius 1 is 1.32 bits per heavy atom. The Labute approximate surface area is 227 Å². The number of anilines is 1. The van der Waals surface area contributed by atoms with Crippen LogP contribution in [0.4, 0.5) is 5.00 Å². The highest BCUT2D eigenvalue weighted by atomic mass is 35.5. The molecule has 0 saturated heterocycles. The fourth-order valence-corrected chi connectivity index (χ4v) is 5.37. The Balaban J connectivity index is 1.84. The number of nitrogens with two attached hydrogens (primary N) is 1. The molecule has 0 aliphatic heterocycles. The van der Waals surface area contributed by atoms with Crippen molar-refractivity contribution in [2.75, 3.05) is 18.2 Å². The number of esters is 1. The molecule has 3 rings (SSSR count). The Morgan fingerprint density at radius 3 is 2.68 bits per heavy atom. The van der Waals surface area contributed by atoms with Gasteiger partial charge in [-0.2, -0.15) is 0 Å². The molecule has 2 aromatic heterocycles. The van der Waals surface area contributed by atoms with Crippen molar-refractivity contribution < 1.29 is 23.9 Å². The number of carbonyl (C=O) groups is 3. The molecular formula is C24H26ClN5O5S2. The summed E-state index contributed by atoms with van der Waals surface area (Å²) < 4.78 is 12.5. The molecule has 0 bridgehead atoms. The third-order valence-electron chi connectivity index (χ3n) is 4.93. The average Bonchev–Trinajstić information content (AvgIpc) is 3.37. The monoisotopic (exact) mass is 563 g/mol. The Morgan fingerprint density at radius 2 is 2.05 bits per heavy atom. The molecule has 3 N–H and O–H groups in total. The summed E-state index contributed by atoms with van der Waals surface area (Å²) >= 11 is 8.25. The Bertz CT molecular complexity index is 1350. The van der Waals surface area contributed by atoms with Gasteiger partial charge in [-0.05, 0) is 44.5 Å². The maximum atomic E-state index is 12.9. The molecule has 3 aromatic rings. The smallest absolute Gasteiger partial charge is 0.341 e. The highest BCUT2D eigenvalue weighted by Gasteiger charge is 2.27. The van der Waals surface area contributed by atoms with Crippen LogP contribution in [-0.2, 0) is 16.1 Å². The van der Waals surface area contributed by atoms with Crippen LogP contribution >= 0.6 is 34.7 Å². The van der Waals surface area contributed by atoms with Crippen LogP contribution in [0, 0.1) is 6.92 Å². The van der Waals surface area contributed by atoms with Gasteiger partial charge in [0, 0.05) is 11.6 Å². The number of ether oxygens (including phenoxy) is 2. The number of allylic oxidation sites excluding steroid dienone is 1. The van der Waals surface area contributed by atoms with E-state index in [9.17, 15) is 14.4 Å². The number of hydrogen-bond donors (Lipinski definition) is 2. The lowest BCUT2D eigenvalue weighted by Crippen LogP contribution is -2.18. The molecule has 2 amide bonds. The zero-order valence-corrected chi connectivity index (χ0v) is 23.1. The van der Waals surface area contributed by atoms with E-state index in [1.807, 2.05) is 0 Å². The van der Waals surface area contributed by atoms with E-state index in [-0.39, 0.29) is 27.3 Å². The van der Waals surface area contributed by atoms with Crippen LogP contribution in [0.1, 0.15) is 39.4 Å². The Kier molecular flexibility index (Phi) is 9.35. The average molecular weight is 564 g/mol. The number of amides is 2. The maximum absolute atomic E-state index is 12.9. The van der Waals surface area contributed by atoms with E-state index in [1.165, 1.54) is 0 Å². The first-order valence-corrected chi connectivity index (χ1v) is 13.2. The fraction of sp³-hybridized carbons (Fsp3) is 0.292. The van der Waals surface area contributed by atoms with Crippen LogP contribution in [0.3, 0.4) is 0 Å². The van der Waals surface area contributed by atoms with Gasteiger partial charge in [0.1, 0.15) is 10.8 Å². The van der Waals surface area contributed by atoms with E-state index in [2.05, 4.69) is 22.1 Å². The number of methoxy groups -OCH3 is 1. The quantitative estimate of drug-likeness (QED) is 0.197. The van der Waals surface area contributed by atoms with Gasteiger partial charge in [-0.15, -0.1) is 28.1 Å². The second-order valence-corrected chi connectivity index (χ2v) is 10.4. The standard InChI is InChI=1S/C24H26ClN5O5S2/c1-6-9-30-21(15-10-14(25)7-8-16(15)34-5)28-29-24(30)36-11-17(31)27-22-18(23(33)35-12(2)3)13(4)19(37-22)20(26)32/h6-8,10,12H,1,9,11H2,2-5H3,(H2,26,32)(H,27,31). The van der Waals surface area contributed by atoms with E-state index in [1.54, 1.807) is 56.7 Å². The van der Waals surface area contributed by atoms with Gasteiger partial charge in [-0.3, -0.25) is 14.2 Å². The molecule has 0 aliphatic rings. The number of thiophene rings is 1. The lowest BCUT2D eigenvalue weighted by atomic mass is 10.1. The third kappa shape index (κ3) is 6.51. The van der Waals surface area contributed by atoms with E-state index >= 15 is 0 Å². The zero-order valence-electron chi connectivity index (χ0n) is 20.7. The number of aromatic nitrogens is 3. The Hall–Kier alpha value is -3.35. The van der Waals surface area contributed by atoms with Crippen molar-refractivity contribution in [1.82, 2.24) is 14.8 Å². The molecule has 0 saturated carbocycles. The molecule has 0 atom stereocenters. The molecular weight excluding hydrogens is 538 g/mol. The second-order valence-electron chi connectivity index (χ2n) is 7.97. The van der Waals surface area contributed by atoms with Crippen LogP contribution in [0.2, 0.25) is 5.02 Å². The lowest BCUT2D eigenvalue weighted by Gasteiger charge is -2.11. The normalized spacial score (nSPS) is 10.9. The summed E-state index contributed by atoms with van der Waals surface area (Å²) in [5.74, 6) is -0.751. The summed E-state index contributed by atoms with van der Waals surface area (Å²) in [5.41, 5.74) is 6.55. The number of nitrogens with zero attached hydrogens (tertiary/aromatic N) is 3. The summed E-state index contributed by atoms with van der Waals surface area (Å²) in [6.07, 6.45) is 1.30. The second kappa shape index (κ2) is 12.3. The topological polar surface area (TPSA) is 138 Å². The van der Waals surface area contributed by atoms with E-state index in [0.717, 1.165) is 23.1 Å². The molecule has 0 unspecified atom stereocenters. The van der Waals surface area contributed by atoms with Gasteiger partial charge in [0.05, 0.1) is 35.0 Å².